The summed E-state index contributed by atoms with van der Waals surface area (Å²) in [6, 6.07) is 13.0. The molecule has 3 aromatic rings. The molecule has 0 saturated heterocycles. The van der Waals surface area contributed by atoms with Gasteiger partial charge in [-0.15, -0.1) is 0 Å². The number of halogens is 1. The number of hydrogen-bond donors (Lipinski definition) is 1. The highest BCUT2D eigenvalue weighted by Crippen LogP contribution is 2.40. The van der Waals surface area contributed by atoms with Crippen LogP contribution in [0.5, 0.6) is 5.75 Å². The zero-order chi connectivity index (χ0) is 22.2. The van der Waals surface area contributed by atoms with E-state index in [9.17, 15) is 13.0 Å². The number of allylic oxidation sites excluding steroid dienone is 2. The second-order valence-electron chi connectivity index (χ2n) is 7.05. The van der Waals surface area contributed by atoms with Crippen molar-refractivity contribution in [3.63, 3.8) is 0 Å². The lowest BCUT2D eigenvalue weighted by molar-refractivity contribution is -0.654. The van der Waals surface area contributed by atoms with Crippen molar-refractivity contribution < 1.29 is 22.3 Å². The summed E-state index contributed by atoms with van der Waals surface area (Å²) < 4.78 is 42.4. The Morgan fingerprint density at radius 3 is 2.65 bits per heavy atom. The molecule has 0 bridgehead atoms. The number of nitrogens with zero attached hydrogens (tertiary/aromatic N) is 3. The molecule has 1 N–H and O–H groups in total. The number of ether oxygens (including phenoxy) is 1. The monoisotopic (exact) mass is 460 g/mol. The molecule has 1 aromatic heterocycles. The van der Waals surface area contributed by atoms with E-state index in [1.54, 1.807) is 10.6 Å². The largest absolute Gasteiger partial charge is 0.439 e. The van der Waals surface area contributed by atoms with Crippen molar-refractivity contribution in [3.05, 3.63) is 71.3 Å². The number of rotatable bonds is 6. The molecule has 31 heavy (non-hydrogen) atoms. The van der Waals surface area contributed by atoms with E-state index in [1.807, 2.05) is 77.9 Å². The topological polar surface area (TPSA) is 75.7 Å². The zero-order valence-corrected chi connectivity index (χ0v) is 18.8. The van der Waals surface area contributed by atoms with Gasteiger partial charge in [-0.1, -0.05) is 23.7 Å². The van der Waals surface area contributed by atoms with Gasteiger partial charge in [-0.2, -0.15) is 8.42 Å². The molecule has 2 aromatic carbocycles. The number of imidazole rings is 1. The first-order valence-electron chi connectivity index (χ1n) is 9.92. The van der Waals surface area contributed by atoms with Crippen molar-refractivity contribution in [2.75, 3.05) is 11.4 Å². The standard InChI is InChI=1S/C22H22ClN3O4S/c1-3-24-17-8-5-6-9-18(17)26(15-31(27,28)29)21(24)10-7-11-22-25(4-2)19-14-16(23)12-13-20(19)30-22/h5-14H,3-4,15H2,1-2H3/p+1. The second-order valence-corrected chi connectivity index (χ2v) is 8.91. The minimum Gasteiger partial charge on any atom is -0.439 e. The number of fused-ring (bicyclic) bond motifs is 2. The van der Waals surface area contributed by atoms with Crippen molar-refractivity contribution >= 4 is 44.5 Å². The molecule has 4 rings (SSSR count). The van der Waals surface area contributed by atoms with Crippen molar-refractivity contribution in [1.82, 2.24) is 4.57 Å². The van der Waals surface area contributed by atoms with Gasteiger partial charge in [0.05, 0.1) is 12.2 Å². The molecule has 0 atom stereocenters. The van der Waals surface area contributed by atoms with E-state index >= 15 is 0 Å². The van der Waals surface area contributed by atoms with Gasteiger partial charge >= 0.3 is 10.1 Å². The number of hydrogen-bond acceptors (Lipinski definition) is 4. The van der Waals surface area contributed by atoms with Crippen molar-refractivity contribution in [3.8, 4) is 5.75 Å². The van der Waals surface area contributed by atoms with E-state index in [2.05, 4.69) is 0 Å². The van der Waals surface area contributed by atoms with Crippen LogP contribution in [-0.2, 0) is 22.5 Å². The quantitative estimate of drug-likeness (QED) is 0.440. The maximum Gasteiger partial charge on any atom is 0.304 e. The first-order chi connectivity index (χ1) is 14.8. The van der Waals surface area contributed by atoms with E-state index in [4.69, 9.17) is 16.3 Å². The molecule has 7 nitrogen and oxygen atoms in total. The van der Waals surface area contributed by atoms with Crippen LogP contribution >= 0.6 is 11.6 Å². The molecule has 0 saturated carbocycles. The van der Waals surface area contributed by atoms with Crippen LogP contribution in [0.1, 0.15) is 19.7 Å². The fourth-order valence-corrected chi connectivity index (χ4v) is 4.63. The molecule has 2 heterocycles. The summed E-state index contributed by atoms with van der Waals surface area (Å²) in [5, 5.41) is 0.635. The molecule has 1 aliphatic rings. The Morgan fingerprint density at radius 1 is 1.16 bits per heavy atom. The van der Waals surface area contributed by atoms with Crippen LogP contribution in [0.3, 0.4) is 0 Å². The van der Waals surface area contributed by atoms with Crippen LogP contribution in [0, 0.1) is 0 Å². The molecular formula is C22H23ClN3O4S+. The Hall–Kier alpha value is -2.81. The Balaban J connectivity index is 1.75. The van der Waals surface area contributed by atoms with Gasteiger partial charge in [-0.3, -0.25) is 4.55 Å². The van der Waals surface area contributed by atoms with Crippen LogP contribution in [0.15, 0.2) is 60.5 Å². The molecule has 0 aliphatic carbocycles. The fraction of sp³-hybridized carbons (Fsp3) is 0.227. The Morgan fingerprint density at radius 2 is 1.94 bits per heavy atom. The highest BCUT2D eigenvalue weighted by Gasteiger charge is 2.26. The Kier molecular flexibility index (Phi) is 5.79. The molecule has 0 amide bonds. The van der Waals surface area contributed by atoms with Gasteiger partial charge in [-0.25, -0.2) is 9.13 Å². The van der Waals surface area contributed by atoms with E-state index in [1.165, 1.54) is 0 Å². The maximum absolute atomic E-state index is 11.7. The third kappa shape index (κ3) is 4.19. The first kappa shape index (κ1) is 21.4. The average Bonchev–Trinajstić information content (AvgIpc) is 3.21. The number of para-hydroxylation sites is 2. The minimum absolute atomic E-state index is 0.529. The van der Waals surface area contributed by atoms with Crippen LogP contribution < -0.4 is 14.2 Å². The van der Waals surface area contributed by atoms with E-state index in [0.29, 0.717) is 29.8 Å². The van der Waals surface area contributed by atoms with Crippen molar-refractivity contribution in [1.29, 1.82) is 0 Å². The summed E-state index contributed by atoms with van der Waals surface area (Å²) in [5.74, 6) is 1.50. The van der Waals surface area contributed by atoms with Gasteiger partial charge < -0.3 is 9.64 Å². The summed E-state index contributed by atoms with van der Waals surface area (Å²) in [4.78, 5) is 2.01. The lowest BCUT2D eigenvalue weighted by Gasteiger charge is -2.15. The maximum atomic E-state index is 11.7. The SMILES string of the molecule is CCN1/C(=C/C=C/c2n(CC)c3ccccc3[n+]2CS(=O)(=O)O)Oc2ccc(Cl)cc21. The van der Waals surface area contributed by atoms with Gasteiger partial charge in [0.1, 0.15) is 0 Å². The predicted molar refractivity (Wildman–Crippen MR) is 122 cm³/mol. The molecule has 0 spiro atoms. The van der Waals surface area contributed by atoms with Crippen LogP contribution in [-0.4, -0.2) is 24.1 Å². The molecule has 0 radical (unpaired) electrons. The van der Waals surface area contributed by atoms with Crippen molar-refractivity contribution in [2.24, 2.45) is 0 Å². The van der Waals surface area contributed by atoms with Gasteiger partial charge in [0.25, 0.3) is 5.82 Å². The Bertz CT molecular complexity index is 1310. The molecule has 162 valence electrons. The number of anilines is 1. The summed E-state index contributed by atoms with van der Waals surface area (Å²) in [6.45, 7) is 5.34. The molecule has 0 fully saturated rings. The summed E-state index contributed by atoms with van der Waals surface area (Å²) >= 11 is 6.13. The predicted octanol–water partition coefficient (Wildman–Crippen LogP) is 4.22. The van der Waals surface area contributed by atoms with Gasteiger partial charge in [0, 0.05) is 17.6 Å². The third-order valence-electron chi connectivity index (χ3n) is 5.12. The average molecular weight is 461 g/mol. The van der Waals surface area contributed by atoms with Crippen LogP contribution in [0.4, 0.5) is 5.69 Å². The molecule has 0 unspecified atom stereocenters. The van der Waals surface area contributed by atoms with E-state index in [-0.39, 0.29) is 0 Å². The van der Waals surface area contributed by atoms with Gasteiger partial charge in [0.15, 0.2) is 16.8 Å². The van der Waals surface area contributed by atoms with Gasteiger partial charge in [0.2, 0.25) is 11.8 Å². The molecule has 1 aliphatic heterocycles. The number of benzene rings is 2. The minimum atomic E-state index is -4.22. The highest BCUT2D eigenvalue weighted by molar-refractivity contribution is 7.84. The number of aromatic nitrogens is 2. The summed E-state index contributed by atoms with van der Waals surface area (Å²) in [5.41, 5.74) is 2.51. The third-order valence-corrected chi connectivity index (χ3v) is 5.94. The smallest absolute Gasteiger partial charge is 0.304 e. The molecule has 9 heteroatoms. The van der Waals surface area contributed by atoms with E-state index in [0.717, 1.165) is 22.5 Å². The number of aryl methyl sites for hydroxylation is 1. The normalized spacial score (nSPS) is 15.2. The second kappa shape index (κ2) is 8.37. The van der Waals surface area contributed by atoms with Gasteiger partial charge in [-0.05, 0) is 56.3 Å². The van der Waals surface area contributed by atoms with Crippen molar-refractivity contribution in [2.45, 2.75) is 26.3 Å². The zero-order valence-electron chi connectivity index (χ0n) is 17.2. The van der Waals surface area contributed by atoms with Crippen LogP contribution in [0.2, 0.25) is 5.02 Å². The highest BCUT2D eigenvalue weighted by atomic mass is 35.5. The lowest BCUT2D eigenvalue weighted by atomic mass is 10.3. The summed E-state index contributed by atoms with van der Waals surface area (Å²) in [6.07, 6.45) is 5.45. The fourth-order valence-electron chi connectivity index (χ4n) is 3.87. The Labute approximate surface area is 186 Å². The lowest BCUT2D eigenvalue weighted by Crippen LogP contribution is -2.40. The van der Waals surface area contributed by atoms with E-state index < -0.39 is 16.0 Å². The summed E-state index contributed by atoms with van der Waals surface area (Å²) in [7, 11) is -4.22. The molecular weight excluding hydrogens is 438 g/mol. The van der Waals surface area contributed by atoms with Crippen LogP contribution in [0.25, 0.3) is 17.1 Å². The first-order valence-corrected chi connectivity index (χ1v) is 11.9.